The monoisotopic (exact) mass is 398 g/mol. The molecular weight excluding hydrogens is 372 g/mol. The largest absolute Gasteiger partial charge is 0.390 e. The highest BCUT2D eigenvalue weighted by Crippen LogP contribution is 2.22. The van der Waals surface area contributed by atoms with Crippen LogP contribution in [0.15, 0.2) is 59.8 Å². The molecule has 0 saturated carbocycles. The number of aromatic nitrogens is 1. The van der Waals surface area contributed by atoms with Crippen molar-refractivity contribution in [3.63, 3.8) is 0 Å². The first-order valence-electron chi connectivity index (χ1n) is 9.90. The lowest BCUT2D eigenvalue weighted by molar-refractivity contribution is 0.0790. The molecule has 0 unspecified atom stereocenters. The summed E-state index contributed by atoms with van der Waals surface area (Å²) in [4.78, 5) is 11.4. The second-order valence-electron chi connectivity index (χ2n) is 7.54. The molecule has 0 amide bonds. The minimum atomic E-state index is -0.331. The molecule has 0 bridgehead atoms. The van der Waals surface area contributed by atoms with Gasteiger partial charge in [0, 0.05) is 63.1 Å². The van der Waals surface area contributed by atoms with Crippen molar-refractivity contribution >= 4 is 23.5 Å². The van der Waals surface area contributed by atoms with Gasteiger partial charge in [0.05, 0.1) is 6.10 Å². The van der Waals surface area contributed by atoms with E-state index in [2.05, 4.69) is 25.8 Å². The van der Waals surface area contributed by atoms with Crippen molar-refractivity contribution in [2.24, 2.45) is 0 Å². The number of hydrogen-bond donors (Lipinski definition) is 1. The normalized spacial score (nSPS) is 24.6. The molecule has 2 fully saturated rings. The van der Waals surface area contributed by atoms with Gasteiger partial charge in [0.15, 0.2) is 0 Å². The van der Waals surface area contributed by atoms with E-state index >= 15 is 0 Å². The summed E-state index contributed by atoms with van der Waals surface area (Å²) in [6, 6.07) is 16.3. The maximum absolute atomic E-state index is 10.6. The summed E-state index contributed by atoms with van der Waals surface area (Å²) in [7, 11) is 0. The van der Waals surface area contributed by atoms with E-state index in [0.717, 1.165) is 49.1 Å². The predicted octanol–water partition coefficient (Wildman–Crippen LogP) is 2.53. The van der Waals surface area contributed by atoms with Gasteiger partial charge in [-0.25, -0.2) is 4.98 Å². The molecular formula is C22H27ClN4O. The molecule has 4 rings (SSSR count). The molecule has 2 saturated heterocycles. The van der Waals surface area contributed by atoms with Crippen LogP contribution in [0.3, 0.4) is 0 Å². The van der Waals surface area contributed by atoms with Crippen LogP contribution in [-0.4, -0.2) is 77.8 Å². The van der Waals surface area contributed by atoms with Crippen LogP contribution in [-0.2, 0) is 0 Å². The molecule has 1 N–H and O–H groups in total. The van der Waals surface area contributed by atoms with E-state index < -0.39 is 0 Å². The van der Waals surface area contributed by atoms with Crippen LogP contribution >= 0.6 is 11.6 Å². The first-order chi connectivity index (χ1) is 13.7. The van der Waals surface area contributed by atoms with Crippen LogP contribution in [0.4, 0.5) is 5.82 Å². The Morgan fingerprint density at radius 2 is 1.79 bits per heavy atom. The number of halogens is 1. The molecule has 2 aliphatic heterocycles. The van der Waals surface area contributed by atoms with E-state index in [0.29, 0.717) is 13.1 Å². The highest BCUT2D eigenvalue weighted by atomic mass is 35.5. The molecule has 1 aromatic carbocycles. The summed E-state index contributed by atoms with van der Waals surface area (Å²) in [6.45, 7) is 5.97. The minimum Gasteiger partial charge on any atom is -0.390 e. The first-order valence-corrected chi connectivity index (χ1v) is 10.3. The molecule has 0 radical (unpaired) electrons. The van der Waals surface area contributed by atoms with E-state index in [4.69, 9.17) is 11.6 Å². The molecule has 2 atom stereocenters. The Morgan fingerprint density at radius 3 is 2.50 bits per heavy atom. The van der Waals surface area contributed by atoms with Gasteiger partial charge in [0.1, 0.15) is 5.82 Å². The third-order valence-corrected chi connectivity index (χ3v) is 5.82. The summed E-state index contributed by atoms with van der Waals surface area (Å²) < 4.78 is 0. The van der Waals surface area contributed by atoms with Crippen molar-refractivity contribution in [3.05, 3.63) is 65.3 Å². The van der Waals surface area contributed by atoms with Crippen LogP contribution in [0.25, 0.3) is 6.08 Å². The van der Waals surface area contributed by atoms with Crippen LogP contribution in [0.2, 0.25) is 0 Å². The van der Waals surface area contributed by atoms with Gasteiger partial charge in [-0.2, -0.15) is 0 Å². The predicted molar refractivity (Wildman–Crippen MR) is 115 cm³/mol. The Balaban J connectivity index is 1.30. The van der Waals surface area contributed by atoms with E-state index in [1.165, 1.54) is 0 Å². The lowest BCUT2D eigenvalue weighted by Crippen LogP contribution is -2.54. The number of likely N-dealkylation sites (tertiary alicyclic amines) is 1. The van der Waals surface area contributed by atoms with Crippen LogP contribution in [0.1, 0.15) is 5.56 Å². The fourth-order valence-corrected chi connectivity index (χ4v) is 4.44. The molecule has 1 aromatic heterocycles. The van der Waals surface area contributed by atoms with Crippen LogP contribution < -0.4 is 4.90 Å². The third-order valence-electron chi connectivity index (χ3n) is 5.59. The van der Waals surface area contributed by atoms with Gasteiger partial charge in [0.2, 0.25) is 0 Å². The van der Waals surface area contributed by atoms with E-state index in [9.17, 15) is 5.11 Å². The Morgan fingerprint density at radius 1 is 1.04 bits per heavy atom. The Bertz CT molecular complexity index is 778. The zero-order chi connectivity index (χ0) is 19.3. The molecule has 28 heavy (non-hydrogen) atoms. The van der Waals surface area contributed by atoms with Gasteiger partial charge in [0.25, 0.3) is 0 Å². The third kappa shape index (κ3) is 4.73. The Hall–Kier alpha value is -1.92. The quantitative estimate of drug-likeness (QED) is 0.838. The highest BCUT2D eigenvalue weighted by molar-refractivity contribution is 6.31. The second kappa shape index (κ2) is 9.05. The van der Waals surface area contributed by atoms with Crippen LogP contribution in [0, 0.1) is 0 Å². The minimum absolute atomic E-state index is 0.173. The number of aliphatic hydroxyl groups excluding tert-OH is 1. The summed E-state index contributed by atoms with van der Waals surface area (Å²) >= 11 is 6.47. The lowest BCUT2D eigenvalue weighted by Gasteiger charge is -2.39. The van der Waals surface area contributed by atoms with Crippen molar-refractivity contribution in [3.8, 4) is 0 Å². The number of piperazine rings is 1. The van der Waals surface area contributed by atoms with Gasteiger partial charge >= 0.3 is 0 Å². The molecule has 0 spiro atoms. The smallest absolute Gasteiger partial charge is 0.128 e. The standard InChI is InChI=1S/C22H27ClN4O/c23-19(14-18-6-2-1-3-7-18)15-25-16-20(21(28)17-25)26-10-12-27(13-11-26)22-8-4-5-9-24-22/h1-9,14,20-21,28H,10-13,15-17H2/b19-14-/t20-,21-/m0/s1. The molecule has 148 valence electrons. The van der Waals surface area contributed by atoms with Crippen molar-refractivity contribution in [1.29, 1.82) is 0 Å². The molecule has 3 heterocycles. The molecule has 0 aliphatic carbocycles. The van der Waals surface area contributed by atoms with E-state index in [1.807, 2.05) is 54.7 Å². The topological polar surface area (TPSA) is 42.8 Å². The van der Waals surface area contributed by atoms with Crippen LogP contribution in [0.5, 0.6) is 0 Å². The maximum Gasteiger partial charge on any atom is 0.128 e. The number of hydrogen-bond acceptors (Lipinski definition) is 5. The fourth-order valence-electron chi connectivity index (χ4n) is 4.15. The molecule has 5 nitrogen and oxygen atoms in total. The number of β-amino-alcohol motifs (C(OH)–C–C–N with tert-alkyl or cyclic N) is 1. The van der Waals surface area contributed by atoms with Gasteiger partial charge in [-0.15, -0.1) is 0 Å². The lowest BCUT2D eigenvalue weighted by atomic mass is 10.1. The molecule has 6 heteroatoms. The van der Waals surface area contributed by atoms with E-state index in [-0.39, 0.29) is 12.1 Å². The first kappa shape index (κ1) is 19.4. The maximum atomic E-state index is 10.6. The number of rotatable bonds is 5. The van der Waals surface area contributed by atoms with Gasteiger partial charge in [-0.05, 0) is 23.8 Å². The number of aliphatic hydroxyl groups is 1. The highest BCUT2D eigenvalue weighted by Gasteiger charge is 2.36. The number of benzene rings is 1. The zero-order valence-electron chi connectivity index (χ0n) is 16.0. The number of pyridine rings is 1. The SMILES string of the molecule is O[C@H]1CN(C/C(Cl)=C/c2ccccc2)C[C@@H]1N1CCN(c2ccccn2)CC1. The molecule has 2 aromatic rings. The molecule has 2 aliphatic rings. The Labute approximate surface area is 171 Å². The Kier molecular flexibility index (Phi) is 6.27. The average molecular weight is 399 g/mol. The fraction of sp³-hybridized carbons (Fsp3) is 0.409. The van der Waals surface area contributed by atoms with E-state index in [1.54, 1.807) is 0 Å². The van der Waals surface area contributed by atoms with Gasteiger partial charge in [-0.1, -0.05) is 48.0 Å². The number of anilines is 1. The number of nitrogens with zero attached hydrogens (tertiary/aromatic N) is 4. The van der Waals surface area contributed by atoms with Gasteiger partial charge in [-0.3, -0.25) is 9.80 Å². The van der Waals surface area contributed by atoms with Gasteiger partial charge < -0.3 is 10.0 Å². The van der Waals surface area contributed by atoms with Crippen molar-refractivity contribution in [2.75, 3.05) is 50.7 Å². The van der Waals surface area contributed by atoms with Crippen molar-refractivity contribution < 1.29 is 5.11 Å². The summed E-state index contributed by atoms with van der Waals surface area (Å²) in [5.74, 6) is 1.04. The zero-order valence-corrected chi connectivity index (χ0v) is 16.7. The summed E-state index contributed by atoms with van der Waals surface area (Å²) in [5, 5.41) is 11.4. The van der Waals surface area contributed by atoms with Crippen molar-refractivity contribution in [1.82, 2.24) is 14.8 Å². The van der Waals surface area contributed by atoms with Crippen molar-refractivity contribution in [2.45, 2.75) is 12.1 Å². The average Bonchev–Trinajstić information content (AvgIpc) is 3.09. The second-order valence-corrected chi connectivity index (χ2v) is 8.03. The summed E-state index contributed by atoms with van der Waals surface area (Å²) in [5.41, 5.74) is 1.11. The summed E-state index contributed by atoms with van der Waals surface area (Å²) in [6.07, 6.45) is 3.52.